The highest BCUT2D eigenvalue weighted by atomic mass is 15.6. The Balaban J connectivity index is 1.99. The summed E-state index contributed by atoms with van der Waals surface area (Å²) < 4.78 is 0. The van der Waals surface area contributed by atoms with Crippen molar-refractivity contribution in [2.75, 3.05) is 23.1 Å². The Morgan fingerprint density at radius 2 is 1.06 bits per heavy atom. The Morgan fingerprint density at radius 1 is 0.611 bits per heavy atom. The summed E-state index contributed by atoms with van der Waals surface area (Å²) in [5, 5.41) is 4.89. The molecule has 2 nitrogen and oxygen atoms in total. The van der Waals surface area contributed by atoms with Crippen molar-refractivity contribution in [2.45, 2.75) is 12.8 Å². The summed E-state index contributed by atoms with van der Waals surface area (Å²) in [6, 6.07) is 17.5. The Kier molecular flexibility index (Phi) is 2.10. The minimum absolute atomic E-state index is 1.13. The van der Waals surface area contributed by atoms with Gasteiger partial charge in [0.25, 0.3) is 0 Å². The Bertz CT molecular complexity index is 538. The van der Waals surface area contributed by atoms with Gasteiger partial charge in [0.15, 0.2) is 0 Å². The van der Waals surface area contributed by atoms with Gasteiger partial charge in [-0.15, -0.1) is 0 Å². The molecule has 0 bridgehead atoms. The molecule has 18 heavy (non-hydrogen) atoms. The molecule has 0 saturated carbocycles. The van der Waals surface area contributed by atoms with E-state index in [0.717, 1.165) is 13.1 Å². The molecule has 2 heteroatoms. The number of rotatable bonds is 0. The first-order chi connectivity index (χ1) is 8.95. The quantitative estimate of drug-likeness (QED) is 0.688. The second-order valence-electron chi connectivity index (χ2n) is 4.99. The molecule has 2 aliphatic rings. The summed E-state index contributed by atoms with van der Waals surface area (Å²) >= 11 is 0. The molecule has 1 saturated heterocycles. The van der Waals surface area contributed by atoms with E-state index in [9.17, 15) is 0 Å². The molecular formula is C16H16N2. The SMILES string of the molecule is c1ccc2c(c1)-c1ccccc1N1CCCCN21. The van der Waals surface area contributed by atoms with E-state index < -0.39 is 0 Å². The third-order valence-electron chi connectivity index (χ3n) is 3.94. The maximum absolute atomic E-state index is 2.45. The van der Waals surface area contributed by atoms with E-state index in [1.165, 1.54) is 35.3 Å². The Labute approximate surface area is 107 Å². The van der Waals surface area contributed by atoms with Crippen LogP contribution in [0.4, 0.5) is 11.4 Å². The standard InChI is InChI=1S/C16H16N2/c1-3-9-15-13(7-1)14-8-2-4-10-16(14)18-12-6-5-11-17(15)18/h1-4,7-10H,5-6,11-12H2. The zero-order valence-electron chi connectivity index (χ0n) is 10.3. The lowest BCUT2D eigenvalue weighted by Crippen LogP contribution is -2.49. The molecule has 0 spiro atoms. The van der Waals surface area contributed by atoms with Crippen LogP contribution in [-0.4, -0.2) is 13.1 Å². The van der Waals surface area contributed by atoms with Crippen LogP contribution in [0, 0.1) is 0 Å². The molecule has 0 amide bonds. The number of hydrazine groups is 1. The van der Waals surface area contributed by atoms with Crippen molar-refractivity contribution in [1.82, 2.24) is 0 Å². The number of anilines is 2. The summed E-state index contributed by atoms with van der Waals surface area (Å²) in [4.78, 5) is 0. The topological polar surface area (TPSA) is 6.48 Å². The summed E-state index contributed by atoms with van der Waals surface area (Å²) in [6.45, 7) is 2.26. The van der Waals surface area contributed by atoms with E-state index in [-0.39, 0.29) is 0 Å². The lowest BCUT2D eigenvalue weighted by atomic mass is 9.97. The highest BCUT2D eigenvalue weighted by Gasteiger charge is 2.29. The Morgan fingerprint density at radius 3 is 1.56 bits per heavy atom. The molecule has 2 aromatic rings. The molecular weight excluding hydrogens is 220 g/mol. The van der Waals surface area contributed by atoms with E-state index in [0.29, 0.717) is 0 Å². The Hall–Kier alpha value is -1.96. The minimum Gasteiger partial charge on any atom is -0.285 e. The van der Waals surface area contributed by atoms with Crippen molar-refractivity contribution >= 4 is 11.4 Å². The van der Waals surface area contributed by atoms with E-state index in [1.807, 2.05) is 0 Å². The number of hydrogen-bond donors (Lipinski definition) is 0. The van der Waals surface area contributed by atoms with Crippen molar-refractivity contribution in [2.24, 2.45) is 0 Å². The highest BCUT2D eigenvalue weighted by molar-refractivity contribution is 5.92. The molecule has 0 atom stereocenters. The third kappa shape index (κ3) is 1.29. The zero-order chi connectivity index (χ0) is 11.9. The van der Waals surface area contributed by atoms with Gasteiger partial charge in [-0.3, -0.25) is 10.0 Å². The van der Waals surface area contributed by atoms with E-state index >= 15 is 0 Å². The predicted octanol–water partition coefficient (Wildman–Crippen LogP) is 3.69. The van der Waals surface area contributed by atoms with Gasteiger partial charge in [0.2, 0.25) is 0 Å². The van der Waals surface area contributed by atoms with Gasteiger partial charge in [0, 0.05) is 24.2 Å². The number of nitrogens with zero attached hydrogens (tertiary/aromatic N) is 2. The molecule has 4 rings (SSSR count). The molecule has 2 aliphatic heterocycles. The molecule has 1 fully saturated rings. The summed E-state index contributed by atoms with van der Waals surface area (Å²) in [6.07, 6.45) is 2.57. The molecule has 0 aromatic heterocycles. The van der Waals surface area contributed by atoms with Gasteiger partial charge >= 0.3 is 0 Å². The third-order valence-corrected chi connectivity index (χ3v) is 3.94. The maximum atomic E-state index is 2.45. The largest absolute Gasteiger partial charge is 0.285 e. The number of fused-ring (bicyclic) bond motifs is 6. The van der Waals surface area contributed by atoms with Crippen LogP contribution in [0.1, 0.15) is 12.8 Å². The van der Waals surface area contributed by atoms with Crippen LogP contribution in [0.3, 0.4) is 0 Å². The summed E-state index contributed by atoms with van der Waals surface area (Å²) in [5.41, 5.74) is 5.45. The highest BCUT2D eigenvalue weighted by Crippen LogP contribution is 2.44. The van der Waals surface area contributed by atoms with Crippen LogP contribution < -0.4 is 10.0 Å². The van der Waals surface area contributed by atoms with Gasteiger partial charge in [-0.1, -0.05) is 36.4 Å². The number of hydrogen-bond acceptors (Lipinski definition) is 2. The van der Waals surface area contributed by atoms with Crippen LogP contribution >= 0.6 is 0 Å². The maximum Gasteiger partial charge on any atom is 0.0653 e. The van der Waals surface area contributed by atoms with Crippen molar-refractivity contribution < 1.29 is 0 Å². The summed E-state index contributed by atoms with van der Waals surface area (Å²) in [5.74, 6) is 0. The number of para-hydroxylation sites is 2. The predicted molar refractivity (Wildman–Crippen MR) is 75.8 cm³/mol. The van der Waals surface area contributed by atoms with Crippen LogP contribution in [0.25, 0.3) is 11.1 Å². The molecule has 2 heterocycles. The zero-order valence-corrected chi connectivity index (χ0v) is 10.3. The average Bonchev–Trinajstić information content (AvgIpc) is 2.48. The van der Waals surface area contributed by atoms with Gasteiger partial charge in [-0.25, -0.2) is 0 Å². The first-order valence-electron chi connectivity index (χ1n) is 6.68. The van der Waals surface area contributed by atoms with Gasteiger partial charge in [-0.2, -0.15) is 0 Å². The van der Waals surface area contributed by atoms with Crippen molar-refractivity contribution in [1.29, 1.82) is 0 Å². The minimum atomic E-state index is 1.13. The van der Waals surface area contributed by atoms with Crippen molar-refractivity contribution in [3.8, 4) is 11.1 Å². The average molecular weight is 236 g/mol. The van der Waals surface area contributed by atoms with E-state index in [1.54, 1.807) is 0 Å². The van der Waals surface area contributed by atoms with Gasteiger partial charge in [-0.05, 0) is 25.0 Å². The molecule has 0 radical (unpaired) electrons. The fraction of sp³-hybridized carbons (Fsp3) is 0.250. The smallest absolute Gasteiger partial charge is 0.0653 e. The normalized spacial score (nSPS) is 16.9. The van der Waals surface area contributed by atoms with Crippen molar-refractivity contribution in [3.63, 3.8) is 0 Å². The van der Waals surface area contributed by atoms with E-state index in [4.69, 9.17) is 0 Å². The van der Waals surface area contributed by atoms with Crippen LogP contribution in [-0.2, 0) is 0 Å². The van der Waals surface area contributed by atoms with Gasteiger partial charge in [0.05, 0.1) is 11.4 Å². The molecule has 2 aromatic carbocycles. The first kappa shape index (κ1) is 10.0. The van der Waals surface area contributed by atoms with Crippen molar-refractivity contribution in [3.05, 3.63) is 48.5 Å². The fourth-order valence-electron chi connectivity index (χ4n) is 3.12. The number of benzene rings is 2. The van der Waals surface area contributed by atoms with Crippen LogP contribution in [0.15, 0.2) is 48.5 Å². The first-order valence-corrected chi connectivity index (χ1v) is 6.68. The monoisotopic (exact) mass is 236 g/mol. The second-order valence-corrected chi connectivity index (χ2v) is 4.99. The van der Waals surface area contributed by atoms with Crippen LogP contribution in [0.2, 0.25) is 0 Å². The van der Waals surface area contributed by atoms with Crippen LogP contribution in [0.5, 0.6) is 0 Å². The van der Waals surface area contributed by atoms with Gasteiger partial charge < -0.3 is 0 Å². The fourth-order valence-corrected chi connectivity index (χ4v) is 3.12. The van der Waals surface area contributed by atoms with E-state index in [2.05, 4.69) is 58.5 Å². The molecule has 0 N–H and O–H groups in total. The lowest BCUT2D eigenvalue weighted by Gasteiger charge is -2.46. The molecule has 0 unspecified atom stereocenters. The summed E-state index contributed by atoms with van der Waals surface area (Å²) in [7, 11) is 0. The second kappa shape index (κ2) is 3.77. The lowest BCUT2D eigenvalue weighted by molar-refractivity contribution is 0.573. The molecule has 90 valence electrons. The van der Waals surface area contributed by atoms with Gasteiger partial charge in [0.1, 0.15) is 0 Å². The molecule has 0 aliphatic carbocycles.